The number of carboxylic acid groups (broad SMARTS) is 4. The van der Waals surface area contributed by atoms with Crippen molar-refractivity contribution >= 4 is 36.3 Å². The molecule has 95 heavy (non-hydrogen) atoms. The van der Waals surface area contributed by atoms with Crippen molar-refractivity contribution in [3.8, 4) is 0 Å². The monoisotopic (exact) mass is 1330 g/mol. The maximum atomic E-state index is 11.3. The van der Waals surface area contributed by atoms with Crippen LogP contribution in [0.1, 0.15) is 171 Å². The number of hydrogen-bond donors (Lipinski definition) is 7. The van der Waals surface area contributed by atoms with Crippen molar-refractivity contribution in [2.75, 3.05) is 60.0 Å². The van der Waals surface area contributed by atoms with E-state index >= 15 is 0 Å². The van der Waals surface area contributed by atoms with E-state index in [-0.39, 0.29) is 61.1 Å². The van der Waals surface area contributed by atoms with Crippen LogP contribution in [0.15, 0.2) is 91.0 Å². The molecule has 0 saturated carbocycles. The topological polar surface area (TPSA) is 320 Å². The number of aliphatic carboxylic acids is 4. The van der Waals surface area contributed by atoms with Crippen LogP contribution in [0.3, 0.4) is 0 Å². The number of alkyl carbamates (subject to hydrolysis) is 1. The summed E-state index contributed by atoms with van der Waals surface area (Å²) in [6, 6.07) is 28.6. The number of aldehydes is 1. The van der Waals surface area contributed by atoms with Crippen LogP contribution in [0.25, 0.3) is 4.85 Å². The van der Waals surface area contributed by atoms with Crippen LogP contribution >= 0.6 is 0 Å². The van der Waals surface area contributed by atoms with Gasteiger partial charge in [-0.2, -0.15) is 0 Å². The van der Waals surface area contributed by atoms with Crippen molar-refractivity contribution in [1.82, 2.24) is 5.32 Å². The van der Waals surface area contributed by atoms with E-state index in [9.17, 15) is 39.0 Å². The minimum atomic E-state index is -1.10. The van der Waals surface area contributed by atoms with Crippen molar-refractivity contribution < 1.29 is 92.2 Å². The third-order valence-electron chi connectivity index (χ3n) is 17.6. The molecule has 0 aromatic heterocycles. The van der Waals surface area contributed by atoms with E-state index < -0.39 is 48.2 Å². The van der Waals surface area contributed by atoms with Gasteiger partial charge in [-0.15, -0.1) is 0 Å². The van der Waals surface area contributed by atoms with Gasteiger partial charge < -0.3 is 84.1 Å². The lowest BCUT2D eigenvalue weighted by Gasteiger charge is -2.27. The molecule has 0 aliphatic carbocycles. The number of benzene rings is 3. The lowest BCUT2D eigenvalue weighted by molar-refractivity contribution is -0.150. The zero-order valence-electron chi connectivity index (χ0n) is 55.9. The molecule has 8 N–H and O–H groups in total. The van der Waals surface area contributed by atoms with E-state index in [0.717, 1.165) is 167 Å². The number of amides is 1. The Morgan fingerprint density at radius 2 is 0.863 bits per heavy atom. The molecular formula is C73H109N3O19. The van der Waals surface area contributed by atoms with Gasteiger partial charge in [-0.05, 0) is 184 Å². The minimum absolute atomic E-state index is 0.0375. The molecule has 22 heteroatoms. The Morgan fingerprint density at radius 1 is 0.495 bits per heavy atom. The standard InChI is InChI=1S/C15H19NO.2C15H20O3.C9H15NO5.C7H13NO3.C6H12O2.C6H10O2/c1-16-14(15-9-5-6-12-17-15)11-10-13-7-3-2-4-8-13;2*16-15(17)13(14-8-4-5-11-18-14)10-9-12-6-2-1-3-7-12;1-14-9(13)10-7(8(11)12)6-4-2-3-5-15-6;8-6(7(9)10)5-3-1-2-4-11-5;2*7-5-6-3-1-2-4-8-6/h2-4,7-8,14-15H,5-6,9-12H2;2*1-3,6-7,13-14H,4-5,8-11H2,(H,16,17);6-7H,2-5H2,1H3,(H,10,13)(H,11,12);5-6H,1-4,8H2,(H,9,10);6-7H,1-5H2;5-6H,1-4H2. The van der Waals surface area contributed by atoms with Gasteiger partial charge in [0.25, 0.3) is 0 Å². The zero-order valence-corrected chi connectivity index (χ0v) is 55.9. The number of aliphatic hydroxyl groups is 1. The Morgan fingerprint density at radius 3 is 1.16 bits per heavy atom. The molecule has 10 rings (SSSR count). The Labute approximate surface area is 562 Å². The molecule has 12 atom stereocenters. The summed E-state index contributed by atoms with van der Waals surface area (Å²) in [6.45, 7) is 12.5. The van der Waals surface area contributed by atoms with E-state index in [1.807, 2.05) is 66.7 Å². The van der Waals surface area contributed by atoms with Crippen molar-refractivity contribution in [3.63, 3.8) is 0 Å². The smallest absolute Gasteiger partial charge is 0.407 e. The van der Waals surface area contributed by atoms with Gasteiger partial charge in [-0.3, -0.25) is 14.4 Å². The summed E-state index contributed by atoms with van der Waals surface area (Å²) >= 11 is 0. The van der Waals surface area contributed by atoms with Crippen molar-refractivity contribution in [2.24, 2.45) is 17.6 Å². The molecular weight excluding hydrogens is 1220 g/mol. The number of nitrogens with one attached hydrogen (secondary N) is 1. The highest BCUT2D eigenvalue weighted by Crippen LogP contribution is 2.27. The Hall–Kier alpha value is -6.39. The first kappa shape index (κ1) is 81.0. The van der Waals surface area contributed by atoms with Gasteiger partial charge in [0.1, 0.15) is 24.5 Å². The maximum absolute atomic E-state index is 11.3. The number of hydrogen-bond acceptors (Lipinski definition) is 16. The lowest BCUT2D eigenvalue weighted by Crippen LogP contribution is -2.50. The first-order valence-corrected chi connectivity index (χ1v) is 34.5. The molecule has 7 saturated heterocycles. The average molecular weight is 1330 g/mol. The summed E-state index contributed by atoms with van der Waals surface area (Å²) in [5.74, 6) is -4.27. The number of aryl methyl sites for hydroxylation is 3. The molecule has 7 aliphatic heterocycles. The number of carboxylic acids is 4. The largest absolute Gasteiger partial charge is 0.481 e. The molecule has 7 aliphatic rings. The van der Waals surface area contributed by atoms with Crippen molar-refractivity contribution in [3.05, 3.63) is 119 Å². The average Bonchev–Trinajstić information content (AvgIpc) is 2.53. The summed E-state index contributed by atoms with van der Waals surface area (Å²) in [5, 5.41) is 46.9. The number of carbonyl (C=O) groups excluding carboxylic acids is 2. The first-order chi connectivity index (χ1) is 46.2. The predicted molar refractivity (Wildman–Crippen MR) is 358 cm³/mol. The molecule has 7 heterocycles. The second kappa shape index (κ2) is 50.0. The van der Waals surface area contributed by atoms with Gasteiger partial charge in [-0.1, -0.05) is 91.0 Å². The van der Waals surface area contributed by atoms with Crippen LogP contribution in [0.4, 0.5) is 4.79 Å². The van der Waals surface area contributed by atoms with E-state index in [1.54, 1.807) is 0 Å². The fraction of sp³-hybridized carbons (Fsp3) is 0.658. The minimum Gasteiger partial charge on any atom is -0.481 e. The summed E-state index contributed by atoms with van der Waals surface area (Å²) in [7, 11) is 1.19. The van der Waals surface area contributed by atoms with Gasteiger partial charge >= 0.3 is 30.0 Å². The Balaban J connectivity index is 0.000000240. The van der Waals surface area contributed by atoms with Crippen LogP contribution in [0, 0.1) is 18.4 Å². The van der Waals surface area contributed by atoms with Crippen LogP contribution in [0.2, 0.25) is 0 Å². The normalized spacial score (nSPS) is 23.9. The van der Waals surface area contributed by atoms with Gasteiger partial charge in [-0.25, -0.2) is 16.2 Å². The number of aliphatic hydroxyl groups excluding tert-OH is 1. The molecule has 0 bridgehead atoms. The Kier molecular flexibility index (Phi) is 42.7. The first-order valence-electron chi connectivity index (χ1n) is 34.5. The fourth-order valence-electron chi connectivity index (χ4n) is 12.0. The summed E-state index contributed by atoms with van der Waals surface area (Å²) in [4.78, 5) is 68.7. The third kappa shape index (κ3) is 34.4. The van der Waals surface area contributed by atoms with Gasteiger partial charge in [0, 0.05) is 52.7 Å². The number of ether oxygens (including phenoxy) is 8. The number of nitrogens with two attached hydrogens (primary N) is 1. The molecule has 12 unspecified atom stereocenters. The van der Waals surface area contributed by atoms with Gasteiger partial charge in [0.15, 0.2) is 6.04 Å². The summed E-state index contributed by atoms with van der Waals surface area (Å²) in [6.07, 6.45) is 25.6. The van der Waals surface area contributed by atoms with E-state index in [1.165, 1.54) is 36.6 Å². The number of rotatable bonds is 21. The highest BCUT2D eigenvalue weighted by atomic mass is 16.5. The SMILES string of the molecule is COC(=O)NC(C(=O)O)C1CCCCO1.NC(C(=O)O)C1CCCCO1.O=C(O)C(CCc1ccccc1)C1CCCCO1.O=C(O)C(CCc1ccccc1)C1CCCCO1.O=CC1CCCCO1.OCC1CCCCO1.[C-]#[N+]C(CCc1ccccc1)C1CCCCO1. The van der Waals surface area contributed by atoms with E-state index in [2.05, 4.69) is 39.2 Å². The molecule has 0 spiro atoms. The summed E-state index contributed by atoms with van der Waals surface area (Å²) in [5.41, 5.74) is 9.07. The third-order valence-corrected chi connectivity index (χ3v) is 17.6. The number of methoxy groups -OCH3 is 1. The van der Waals surface area contributed by atoms with E-state index in [4.69, 9.17) is 60.8 Å². The molecule has 3 aromatic rings. The Bertz CT molecular complexity index is 2460. The molecule has 22 nitrogen and oxygen atoms in total. The quantitative estimate of drug-likeness (QED) is 0.0385. The number of carbonyl (C=O) groups is 6. The van der Waals surface area contributed by atoms with Crippen LogP contribution in [0.5, 0.6) is 0 Å². The summed E-state index contributed by atoms with van der Waals surface area (Å²) < 4.78 is 42.0. The zero-order chi connectivity index (χ0) is 68.7. The van der Waals surface area contributed by atoms with E-state index in [0.29, 0.717) is 45.7 Å². The fourth-order valence-corrected chi connectivity index (χ4v) is 12.0. The molecule has 1 amide bonds. The molecule has 7 fully saturated rings. The van der Waals surface area contributed by atoms with Gasteiger partial charge in [0.2, 0.25) is 6.04 Å². The van der Waals surface area contributed by atoms with Crippen molar-refractivity contribution in [1.29, 1.82) is 0 Å². The van der Waals surface area contributed by atoms with Crippen LogP contribution in [-0.2, 0) is 81.1 Å². The predicted octanol–water partition coefficient (Wildman–Crippen LogP) is 10.9. The van der Waals surface area contributed by atoms with Crippen LogP contribution in [-0.4, -0.2) is 183 Å². The van der Waals surface area contributed by atoms with Crippen molar-refractivity contribution in [2.45, 2.75) is 234 Å². The molecule has 3 aromatic carbocycles. The maximum Gasteiger partial charge on any atom is 0.407 e. The van der Waals surface area contributed by atoms with Crippen LogP contribution < -0.4 is 11.1 Å². The molecule has 530 valence electrons. The second-order valence-corrected chi connectivity index (χ2v) is 24.7. The lowest BCUT2D eigenvalue weighted by atomic mass is 9.90. The molecule has 0 radical (unpaired) electrons. The number of nitrogens with zero attached hydrogens (tertiary/aromatic N) is 1. The second-order valence-electron chi connectivity index (χ2n) is 24.7. The van der Waals surface area contributed by atoms with Gasteiger partial charge in [0.05, 0.1) is 56.1 Å². The highest BCUT2D eigenvalue weighted by Gasteiger charge is 2.34. The highest BCUT2D eigenvalue weighted by molar-refractivity contribution is 5.80.